The van der Waals surface area contributed by atoms with E-state index in [0.717, 1.165) is 17.8 Å². The van der Waals surface area contributed by atoms with Crippen LogP contribution in [0.3, 0.4) is 0 Å². The van der Waals surface area contributed by atoms with Crippen molar-refractivity contribution < 1.29 is 0 Å². The standard InChI is InChI=1S/C13H20N6S/c14-15-12(13-9-20-18-16-13)8-10-6-7-19(17-10)11-4-2-1-3-5-11/h6-7,9,11-12,15H,1-5,8,14H2. The molecule has 1 saturated carbocycles. The second-order valence-electron chi connectivity index (χ2n) is 5.33. The first-order valence-electron chi connectivity index (χ1n) is 7.14. The molecular weight excluding hydrogens is 272 g/mol. The summed E-state index contributed by atoms with van der Waals surface area (Å²) in [6, 6.07) is 2.63. The van der Waals surface area contributed by atoms with Crippen LogP contribution in [-0.2, 0) is 6.42 Å². The molecule has 0 aromatic carbocycles. The predicted octanol–water partition coefficient (Wildman–Crippen LogP) is 1.99. The zero-order valence-electron chi connectivity index (χ0n) is 11.4. The molecule has 2 heterocycles. The van der Waals surface area contributed by atoms with Crippen molar-refractivity contribution in [1.29, 1.82) is 0 Å². The van der Waals surface area contributed by atoms with Gasteiger partial charge in [-0.05, 0) is 30.4 Å². The molecule has 108 valence electrons. The van der Waals surface area contributed by atoms with Crippen molar-refractivity contribution in [2.24, 2.45) is 5.84 Å². The van der Waals surface area contributed by atoms with E-state index in [1.165, 1.54) is 43.6 Å². The van der Waals surface area contributed by atoms with Crippen molar-refractivity contribution >= 4 is 11.5 Å². The summed E-state index contributed by atoms with van der Waals surface area (Å²) in [4.78, 5) is 0. The molecule has 6 nitrogen and oxygen atoms in total. The first-order valence-corrected chi connectivity index (χ1v) is 7.97. The SMILES string of the molecule is NNC(Cc1ccn(C2CCCCC2)n1)c1csnn1. The number of nitrogens with zero attached hydrogens (tertiary/aromatic N) is 4. The van der Waals surface area contributed by atoms with Crippen LogP contribution in [0.2, 0.25) is 0 Å². The number of hydrazine groups is 1. The zero-order valence-corrected chi connectivity index (χ0v) is 12.2. The Morgan fingerprint density at radius 1 is 1.40 bits per heavy atom. The monoisotopic (exact) mass is 292 g/mol. The average molecular weight is 292 g/mol. The van der Waals surface area contributed by atoms with Crippen LogP contribution in [0.1, 0.15) is 55.6 Å². The quantitative estimate of drug-likeness (QED) is 0.650. The van der Waals surface area contributed by atoms with E-state index in [4.69, 9.17) is 10.9 Å². The third-order valence-corrected chi connectivity index (χ3v) is 4.48. The van der Waals surface area contributed by atoms with Crippen LogP contribution in [-0.4, -0.2) is 19.4 Å². The smallest absolute Gasteiger partial charge is 0.0942 e. The van der Waals surface area contributed by atoms with Gasteiger partial charge in [0.2, 0.25) is 0 Å². The second-order valence-corrected chi connectivity index (χ2v) is 5.94. The molecule has 1 atom stereocenters. The lowest BCUT2D eigenvalue weighted by Crippen LogP contribution is -2.30. The average Bonchev–Trinajstić information content (AvgIpc) is 3.17. The maximum absolute atomic E-state index is 5.61. The molecule has 3 N–H and O–H groups in total. The highest BCUT2D eigenvalue weighted by Gasteiger charge is 2.18. The Labute approximate surface area is 122 Å². The molecule has 0 saturated heterocycles. The van der Waals surface area contributed by atoms with Crippen LogP contribution < -0.4 is 11.3 Å². The highest BCUT2D eigenvalue weighted by Crippen LogP contribution is 2.27. The number of aromatic nitrogens is 4. The van der Waals surface area contributed by atoms with Crippen LogP contribution >= 0.6 is 11.5 Å². The Kier molecular flexibility index (Phi) is 4.39. The minimum atomic E-state index is -0.0246. The number of nitrogens with two attached hydrogens (primary N) is 1. The molecule has 3 rings (SSSR count). The van der Waals surface area contributed by atoms with Gasteiger partial charge in [0.05, 0.1) is 23.5 Å². The van der Waals surface area contributed by atoms with Crippen LogP contribution in [0, 0.1) is 0 Å². The minimum Gasteiger partial charge on any atom is -0.271 e. The summed E-state index contributed by atoms with van der Waals surface area (Å²) in [6.07, 6.45) is 9.32. The van der Waals surface area contributed by atoms with E-state index >= 15 is 0 Å². The molecule has 0 radical (unpaired) electrons. The number of nitrogens with one attached hydrogen (secondary N) is 1. The van der Waals surface area contributed by atoms with Crippen molar-refractivity contribution in [1.82, 2.24) is 24.8 Å². The largest absolute Gasteiger partial charge is 0.271 e. The fourth-order valence-electron chi connectivity index (χ4n) is 2.82. The fourth-order valence-corrected chi connectivity index (χ4v) is 3.32. The first kappa shape index (κ1) is 13.7. The molecule has 1 fully saturated rings. The van der Waals surface area contributed by atoms with Gasteiger partial charge in [0.1, 0.15) is 0 Å². The van der Waals surface area contributed by atoms with E-state index in [-0.39, 0.29) is 6.04 Å². The molecule has 0 amide bonds. The summed E-state index contributed by atoms with van der Waals surface area (Å²) in [5.74, 6) is 5.61. The third-order valence-electron chi connectivity index (χ3n) is 3.96. The highest BCUT2D eigenvalue weighted by molar-refractivity contribution is 7.03. The lowest BCUT2D eigenvalue weighted by molar-refractivity contribution is 0.327. The van der Waals surface area contributed by atoms with Gasteiger partial charge >= 0.3 is 0 Å². The Hall–Kier alpha value is -1.31. The highest BCUT2D eigenvalue weighted by atomic mass is 32.1. The van der Waals surface area contributed by atoms with Crippen molar-refractivity contribution in [3.05, 3.63) is 29.0 Å². The topological polar surface area (TPSA) is 81.6 Å². The van der Waals surface area contributed by atoms with E-state index in [9.17, 15) is 0 Å². The minimum absolute atomic E-state index is 0.0246. The Morgan fingerprint density at radius 3 is 2.95 bits per heavy atom. The molecule has 2 aromatic rings. The van der Waals surface area contributed by atoms with E-state index in [0.29, 0.717) is 6.04 Å². The summed E-state index contributed by atoms with van der Waals surface area (Å²) in [5.41, 5.74) is 4.72. The van der Waals surface area contributed by atoms with E-state index < -0.39 is 0 Å². The molecular formula is C13H20N6S. The number of hydrogen-bond donors (Lipinski definition) is 2. The van der Waals surface area contributed by atoms with Crippen molar-refractivity contribution in [3.63, 3.8) is 0 Å². The lowest BCUT2D eigenvalue weighted by atomic mass is 9.96. The van der Waals surface area contributed by atoms with Crippen molar-refractivity contribution in [2.75, 3.05) is 0 Å². The molecule has 0 aliphatic heterocycles. The summed E-state index contributed by atoms with van der Waals surface area (Å²) in [7, 11) is 0. The van der Waals surface area contributed by atoms with Gasteiger partial charge in [-0.2, -0.15) is 5.10 Å². The van der Waals surface area contributed by atoms with Gasteiger partial charge in [-0.15, -0.1) is 5.10 Å². The fraction of sp³-hybridized carbons (Fsp3) is 0.615. The summed E-state index contributed by atoms with van der Waals surface area (Å²) in [6.45, 7) is 0. The van der Waals surface area contributed by atoms with Crippen molar-refractivity contribution in [2.45, 2.75) is 50.6 Å². The van der Waals surface area contributed by atoms with E-state index in [2.05, 4.69) is 32.0 Å². The maximum atomic E-state index is 5.61. The van der Waals surface area contributed by atoms with Gasteiger partial charge in [0.25, 0.3) is 0 Å². The van der Waals surface area contributed by atoms with Crippen molar-refractivity contribution in [3.8, 4) is 0 Å². The maximum Gasteiger partial charge on any atom is 0.0942 e. The van der Waals surface area contributed by atoms with Crippen LogP contribution in [0.15, 0.2) is 17.6 Å². The van der Waals surface area contributed by atoms with Gasteiger partial charge in [-0.1, -0.05) is 23.8 Å². The zero-order chi connectivity index (χ0) is 13.8. The Bertz CT molecular complexity index is 517. The van der Waals surface area contributed by atoms with E-state index in [1.54, 1.807) is 0 Å². The van der Waals surface area contributed by atoms with Gasteiger partial charge in [-0.3, -0.25) is 16.0 Å². The first-order chi connectivity index (χ1) is 9.86. The normalized spacial score (nSPS) is 18.2. The predicted molar refractivity (Wildman–Crippen MR) is 78.0 cm³/mol. The molecule has 1 aliphatic carbocycles. The van der Waals surface area contributed by atoms with Crippen LogP contribution in [0.5, 0.6) is 0 Å². The van der Waals surface area contributed by atoms with E-state index in [1.807, 2.05) is 5.38 Å². The van der Waals surface area contributed by atoms with Gasteiger partial charge in [0, 0.05) is 18.0 Å². The van der Waals surface area contributed by atoms with Gasteiger partial charge in [-0.25, -0.2) is 0 Å². The lowest BCUT2D eigenvalue weighted by Gasteiger charge is -2.21. The molecule has 20 heavy (non-hydrogen) atoms. The number of rotatable bonds is 5. The van der Waals surface area contributed by atoms with Gasteiger partial charge in [0.15, 0.2) is 0 Å². The molecule has 7 heteroatoms. The summed E-state index contributed by atoms with van der Waals surface area (Å²) in [5, 5.41) is 10.7. The molecule has 0 spiro atoms. The summed E-state index contributed by atoms with van der Waals surface area (Å²) < 4.78 is 6.01. The molecule has 1 aliphatic rings. The van der Waals surface area contributed by atoms with Crippen LogP contribution in [0.4, 0.5) is 0 Å². The van der Waals surface area contributed by atoms with Gasteiger partial charge < -0.3 is 0 Å². The molecule has 1 unspecified atom stereocenters. The molecule has 0 bridgehead atoms. The third kappa shape index (κ3) is 3.05. The summed E-state index contributed by atoms with van der Waals surface area (Å²) >= 11 is 1.34. The van der Waals surface area contributed by atoms with Crippen LogP contribution in [0.25, 0.3) is 0 Å². The Balaban J connectivity index is 1.67. The Morgan fingerprint density at radius 2 is 2.25 bits per heavy atom. The number of hydrogen-bond acceptors (Lipinski definition) is 6. The molecule has 2 aromatic heterocycles. The second kappa shape index (κ2) is 6.43.